The van der Waals surface area contributed by atoms with E-state index in [2.05, 4.69) is 26.5 Å². The van der Waals surface area contributed by atoms with Crippen LogP contribution in [0.5, 0.6) is 11.5 Å². The molecule has 1 N–H and O–H groups in total. The summed E-state index contributed by atoms with van der Waals surface area (Å²) in [7, 11) is 1.55. The van der Waals surface area contributed by atoms with Gasteiger partial charge in [-0.15, -0.1) is 0 Å². The number of rotatable bonds is 8. The summed E-state index contributed by atoms with van der Waals surface area (Å²) in [6, 6.07) is 11.0. The topological polar surface area (TPSA) is 59.9 Å². The van der Waals surface area contributed by atoms with Gasteiger partial charge in [0.25, 0.3) is 0 Å². The van der Waals surface area contributed by atoms with E-state index in [1.54, 1.807) is 19.2 Å². The van der Waals surface area contributed by atoms with Crippen molar-refractivity contribution in [1.29, 1.82) is 0 Å². The number of ether oxygens (including phenoxy) is 2. The van der Waals surface area contributed by atoms with Crippen LogP contribution < -0.4 is 14.9 Å². The van der Waals surface area contributed by atoms with Crippen molar-refractivity contribution < 1.29 is 14.3 Å². The maximum absolute atomic E-state index is 11.9. The second kappa shape index (κ2) is 10.2. The number of methoxy groups -OCH3 is 1. The molecule has 0 atom stereocenters. The van der Waals surface area contributed by atoms with Crippen LogP contribution in [0, 0.1) is 0 Å². The number of hydrogen-bond donors (Lipinski definition) is 1. The van der Waals surface area contributed by atoms with Crippen LogP contribution >= 0.6 is 27.5 Å². The normalized spacial score (nSPS) is 10.8. The van der Waals surface area contributed by atoms with Crippen LogP contribution in [0.1, 0.15) is 24.5 Å². The molecular formula is C19H20BrClN2O3. The zero-order valence-electron chi connectivity index (χ0n) is 14.6. The second-order valence-corrected chi connectivity index (χ2v) is 6.80. The first-order valence-corrected chi connectivity index (χ1v) is 9.27. The Morgan fingerprint density at radius 3 is 2.69 bits per heavy atom. The van der Waals surface area contributed by atoms with E-state index in [1.165, 1.54) is 6.21 Å². The Balaban J connectivity index is 1.99. The Kier molecular flexibility index (Phi) is 7.94. The van der Waals surface area contributed by atoms with Crippen LogP contribution in [-0.2, 0) is 11.2 Å². The van der Waals surface area contributed by atoms with Crippen LogP contribution in [0.2, 0.25) is 5.02 Å². The molecule has 0 saturated heterocycles. The molecule has 0 saturated carbocycles. The second-order valence-electron chi connectivity index (χ2n) is 5.48. The van der Waals surface area contributed by atoms with Crippen LogP contribution in [0.3, 0.4) is 0 Å². The van der Waals surface area contributed by atoms with E-state index in [0.29, 0.717) is 28.7 Å². The first-order valence-electron chi connectivity index (χ1n) is 8.10. The van der Waals surface area contributed by atoms with Gasteiger partial charge in [0.1, 0.15) is 0 Å². The Morgan fingerprint density at radius 2 is 2.04 bits per heavy atom. The van der Waals surface area contributed by atoms with E-state index in [4.69, 9.17) is 21.1 Å². The molecule has 0 aliphatic carbocycles. The summed E-state index contributed by atoms with van der Waals surface area (Å²) in [6.45, 7) is 2.56. The van der Waals surface area contributed by atoms with Gasteiger partial charge in [0.2, 0.25) is 5.91 Å². The Morgan fingerprint density at radius 1 is 1.31 bits per heavy atom. The quantitative estimate of drug-likeness (QED) is 0.483. The lowest BCUT2D eigenvalue weighted by Crippen LogP contribution is -2.19. The van der Waals surface area contributed by atoms with Gasteiger partial charge >= 0.3 is 0 Å². The summed E-state index contributed by atoms with van der Waals surface area (Å²) in [5.74, 6) is 0.825. The third kappa shape index (κ3) is 6.04. The van der Waals surface area contributed by atoms with E-state index in [-0.39, 0.29) is 12.3 Å². The molecule has 0 fully saturated rings. The summed E-state index contributed by atoms with van der Waals surface area (Å²) in [5.41, 5.74) is 4.10. The summed E-state index contributed by atoms with van der Waals surface area (Å²) in [4.78, 5) is 11.9. The van der Waals surface area contributed by atoms with Crippen molar-refractivity contribution in [2.75, 3.05) is 13.7 Å². The molecule has 1 amide bonds. The molecule has 0 spiro atoms. The van der Waals surface area contributed by atoms with Crippen molar-refractivity contribution in [3.05, 3.63) is 57.0 Å². The zero-order chi connectivity index (χ0) is 18.9. The van der Waals surface area contributed by atoms with E-state index in [0.717, 1.165) is 16.5 Å². The Labute approximate surface area is 166 Å². The fourth-order valence-corrected chi connectivity index (χ4v) is 2.70. The maximum atomic E-state index is 11.9. The van der Waals surface area contributed by atoms with E-state index < -0.39 is 0 Å². The fraction of sp³-hybridized carbons (Fsp3) is 0.263. The molecule has 0 heterocycles. The fourth-order valence-electron chi connectivity index (χ4n) is 2.16. The van der Waals surface area contributed by atoms with Crippen molar-refractivity contribution in [3.63, 3.8) is 0 Å². The number of halogens is 2. The molecule has 0 bridgehead atoms. The number of hydrogen-bond acceptors (Lipinski definition) is 4. The Hall–Kier alpha value is -2.05. The van der Waals surface area contributed by atoms with Crippen molar-refractivity contribution in [1.82, 2.24) is 5.43 Å². The van der Waals surface area contributed by atoms with E-state index >= 15 is 0 Å². The van der Waals surface area contributed by atoms with Crippen LogP contribution in [-0.4, -0.2) is 25.8 Å². The highest BCUT2D eigenvalue weighted by atomic mass is 79.9. The first kappa shape index (κ1) is 20.3. The molecule has 0 aromatic heterocycles. The van der Waals surface area contributed by atoms with Crippen molar-refractivity contribution >= 4 is 39.7 Å². The van der Waals surface area contributed by atoms with Gasteiger partial charge in [0.05, 0.1) is 31.4 Å². The third-order valence-corrected chi connectivity index (χ3v) is 4.19. The van der Waals surface area contributed by atoms with Gasteiger partial charge in [-0.2, -0.15) is 5.10 Å². The lowest BCUT2D eigenvalue weighted by molar-refractivity contribution is -0.120. The molecular weight excluding hydrogens is 420 g/mol. The average molecular weight is 440 g/mol. The first-order chi connectivity index (χ1) is 12.5. The molecule has 2 rings (SSSR count). The highest BCUT2D eigenvalue weighted by Gasteiger charge is 2.11. The standard InChI is InChI=1S/C19H20BrClN2O3/c1-3-8-26-19-16(21)9-14(10-17(19)25-2)12-22-23-18(24)11-13-4-6-15(20)7-5-13/h4-7,9-10,12H,3,8,11H2,1-2H3,(H,23,24)/b22-12-. The van der Waals surface area contributed by atoms with Crippen molar-refractivity contribution in [2.45, 2.75) is 19.8 Å². The molecule has 26 heavy (non-hydrogen) atoms. The molecule has 138 valence electrons. The number of carbonyl (C=O) groups excluding carboxylic acids is 1. The SMILES string of the molecule is CCCOc1c(Cl)cc(/C=N\NC(=O)Cc2ccc(Br)cc2)cc1OC. The molecule has 2 aromatic carbocycles. The predicted octanol–water partition coefficient (Wildman–Crippen LogP) is 4.59. The summed E-state index contributed by atoms with van der Waals surface area (Å²) in [5, 5.41) is 4.41. The molecule has 0 unspecified atom stereocenters. The maximum Gasteiger partial charge on any atom is 0.244 e. The van der Waals surface area contributed by atoms with E-state index in [9.17, 15) is 4.79 Å². The van der Waals surface area contributed by atoms with Crippen molar-refractivity contribution in [2.24, 2.45) is 5.10 Å². The molecule has 5 nitrogen and oxygen atoms in total. The molecule has 2 aromatic rings. The lowest BCUT2D eigenvalue weighted by Gasteiger charge is -2.12. The number of nitrogens with one attached hydrogen (secondary N) is 1. The van der Waals surface area contributed by atoms with Gasteiger partial charge in [-0.3, -0.25) is 4.79 Å². The summed E-state index contributed by atoms with van der Waals surface area (Å²) < 4.78 is 11.9. The van der Waals surface area contributed by atoms with Gasteiger partial charge in [-0.25, -0.2) is 5.43 Å². The minimum atomic E-state index is -0.204. The minimum Gasteiger partial charge on any atom is -0.493 e. The molecule has 0 aliphatic heterocycles. The number of nitrogens with zero attached hydrogens (tertiary/aromatic N) is 1. The predicted molar refractivity (Wildman–Crippen MR) is 107 cm³/mol. The number of carbonyl (C=O) groups is 1. The van der Waals surface area contributed by atoms with Gasteiger partial charge in [-0.1, -0.05) is 46.6 Å². The average Bonchev–Trinajstić information content (AvgIpc) is 2.62. The molecule has 0 aliphatic rings. The number of hydrazone groups is 1. The molecule has 7 heteroatoms. The number of benzene rings is 2. The van der Waals surface area contributed by atoms with Gasteiger partial charge in [0, 0.05) is 4.47 Å². The van der Waals surface area contributed by atoms with Crippen LogP contribution in [0.4, 0.5) is 0 Å². The van der Waals surface area contributed by atoms with Crippen molar-refractivity contribution in [3.8, 4) is 11.5 Å². The monoisotopic (exact) mass is 438 g/mol. The minimum absolute atomic E-state index is 0.204. The third-order valence-electron chi connectivity index (χ3n) is 3.38. The largest absolute Gasteiger partial charge is 0.493 e. The zero-order valence-corrected chi connectivity index (χ0v) is 16.9. The Bertz CT molecular complexity index is 779. The smallest absolute Gasteiger partial charge is 0.244 e. The molecule has 0 radical (unpaired) electrons. The van der Waals surface area contributed by atoms with Gasteiger partial charge in [0.15, 0.2) is 11.5 Å². The van der Waals surface area contributed by atoms with E-state index in [1.807, 2.05) is 31.2 Å². The van der Waals surface area contributed by atoms with Gasteiger partial charge < -0.3 is 9.47 Å². The highest BCUT2D eigenvalue weighted by Crippen LogP contribution is 2.36. The lowest BCUT2D eigenvalue weighted by atomic mass is 10.1. The van der Waals surface area contributed by atoms with Crippen LogP contribution in [0.15, 0.2) is 46.0 Å². The summed E-state index contributed by atoms with van der Waals surface area (Å²) in [6.07, 6.45) is 2.63. The number of amides is 1. The van der Waals surface area contributed by atoms with Crippen LogP contribution in [0.25, 0.3) is 0 Å². The summed E-state index contributed by atoms with van der Waals surface area (Å²) >= 11 is 9.61. The van der Waals surface area contributed by atoms with Gasteiger partial charge in [-0.05, 0) is 41.8 Å². The highest BCUT2D eigenvalue weighted by molar-refractivity contribution is 9.10.